The van der Waals surface area contributed by atoms with Crippen LogP contribution in [-0.4, -0.2) is 27.0 Å². The Bertz CT molecular complexity index is 452. The fraction of sp³-hybridized carbons (Fsp3) is 0.444. The first-order chi connectivity index (χ1) is 7.81. The van der Waals surface area contributed by atoms with E-state index in [0.29, 0.717) is 17.5 Å². The van der Waals surface area contributed by atoms with Crippen molar-refractivity contribution >= 4 is 11.3 Å². The Balaban J connectivity index is 2.02. The fourth-order valence-corrected chi connectivity index (χ4v) is 1.89. The van der Waals surface area contributed by atoms with E-state index in [1.807, 2.05) is 20.2 Å². The summed E-state index contributed by atoms with van der Waals surface area (Å²) in [5, 5.41) is 16.5. The molecule has 0 radical (unpaired) electrons. The van der Waals surface area contributed by atoms with Crippen molar-refractivity contribution in [3.05, 3.63) is 17.4 Å². The second-order valence-electron chi connectivity index (χ2n) is 3.13. The lowest BCUT2D eigenvalue weighted by Crippen LogP contribution is -2.04. The highest BCUT2D eigenvalue weighted by Gasteiger charge is 2.06. The van der Waals surface area contributed by atoms with Crippen LogP contribution in [0.1, 0.15) is 11.9 Å². The third kappa shape index (κ3) is 2.56. The van der Waals surface area contributed by atoms with E-state index in [1.165, 1.54) is 11.3 Å². The quantitative estimate of drug-likeness (QED) is 0.851. The molecule has 0 saturated carbocycles. The summed E-state index contributed by atoms with van der Waals surface area (Å²) < 4.78 is 7.32. The van der Waals surface area contributed by atoms with Crippen LogP contribution in [-0.2, 0) is 13.1 Å². The van der Waals surface area contributed by atoms with Gasteiger partial charge in [0.05, 0.1) is 12.4 Å². The van der Waals surface area contributed by atoms with Crippen molar-refractivity contribution in [2.45, 2.75) is 20.0 Å². The minimum atomic E-state index is 0.543. The van der Waals surface area contributed by atoms with Crippen LogP contribution in [0, 0.1) is 0 Å². The highest BCUT2D eigenvalue weighted by Crippen LogP contribution is 2.24. The van der Waals surface area contributed by atoms with Crippen molar-refractivity contribution in [2.24, 2.45) is 0 Å². The van der Waals surface area contributed by atoms with Gasteiger partial charge in [0.1, 0.15) is 5.01 Å². The minimum absolute atomic E-state index is 0.543. The van der Waals surface area contributed by atoms with E-state index < -0.39 is 0 Å². The van der Waals surface area contributed by atoms with Crippen molar-refractivity contribution in [3.63, 3.8) is 0 Å². The molecule has 6 nitrogen and oxygen atoms in total. The van der Waals surface area contributed by atoms with Gasteiger partial charge in [-0.2, -0.15) is 5.10 Å². The summed E-state index contributed by atoms with van der Waals surface area (Å²) in [6.07, 6.45) is 3.50. The zero-order valence-electron chi connectivity index (χ0n) is 9.17. The smallest absolute Gasteiger partial charge is 0.299 e. The van der Waals surface area contributed by atoms with Gasteiger partial charge in [-0.15, -0.1) is 5.10 Å². The molecule has 0 aliphatic rings. The van der Waals surface area contributed by atoms with Crippen LogP contribution in [0.2, 0.25) is 0 Å². The average molecular weight is 239 g/mol. The average Bonchev–Trinajstić information content (AvgIpc) is 2.89. The lowest BCUT2D eigenvalue weighted by molar-refractivity contribution is 0.471. The molecule has 16 heavy (non-hydrogen) atoms. The molecule has 2 aromatic heterocycles. The predicted octanol–water partition coefficient (Wildman–Crippen LogP) is 1.27. The summed E-state index contributed by atoms with van der Waals surface area (Å²) in [6, 6.07) is 0. The molecular formula is C9H13N5OS. The Morgan fingerprint density at radius 3 is 3.06 bits per heavy atom. The second-order valence-corrected chi connectivity index (χ2v) is 4.15. The molecule has 7 heteroatoms. The van der Waals surface area contributed by atoms with Gasteiger partial charge in [-0.1, -0.05) is 16.4 Å². The van der Waals surface area contributed by atoms with Gasteiger partial charge >= 0.3 is 0 Å². The van der Waals surface area contributed by atoms with Crippen LogP contribution in [0.3, 0.4) is 0 Å². The maximum atomic E-state index is 5.52. The molecule has 1 N–H and O–H groups in total. The highest BCUT2D eigenvalue weighted by atomic mass is 32.1. The number of rotatable bonds is 5. The van der Waals surface area contributed by atoms with Crippen molar-refractivity contribution in [3.8, 4) is 10.9 Å². The van der Waals surface area contributed by atoms with E-state index >= 15 is 0 Å². The number of aryl methyl sites for hydroxylation is 1. The van der Waals surface area contributed by atoms with Crippen LogP contribution in [0.15, 0.2) is 12.4 Å². The Morgan fingerprint density at radius 1 is 1.50 bits per heavy atom. The van der Waals surface area contributed by atoms with Gasteiger partial charge in [-0.25, -0.2) is 0 Å². The molecule has 0 aliphatic heterocycles. The maximum Gasteiger partial charge on any atom is 0.299 e. The molecule has 0 bridgehead atoms. The van der Waals surface area contributed by atoms with E-state index in [-0.39, 0.29) is 0 Å². The predicted molar refractivity (Wildman–Crippen MR) is 60.6 cm³/mol. The van der Waals surface area contributed by atoms with Crippen molar-refractivity contribution < 1.29 is 4.74 Å². The van der Waals surface area contributed by atoms with E-state index in [9.17, 15) is 0 Å². The molecule has 0 amide bonds. The van der Waals surface area contributed by atoms with E-state index in [2.05, 4.69) is 20.6 Å². The molecule has 2 heterocycles. The molecule has 2 rings (SSSR count). The first kappa shape index (κ1) is 11.0. The molecule has 0 aromatic carbocycles. The molecule has 0 spiro atoms. The number of nitrogens with one attached hydrogen (secondary N) is 1. The van der Waals surface area contributed by atoms with Crippen molar-refractivity contribution in [2.75, 3.05) is 7.05 Å². The summed E-state index contributed by atoms with van der Waals surface area (Å²) in [5.41, 5.74) is 0. The Labute approximate surface area is 97.3 Å². The van der Waals surface area contributed by atoms with Gasteiger partial charge < -0.3 is 10.1 Å². The molecule has 0 saturated heterocycles. The Morgan fingerprint density at radius 2 is 2.38 bits per heavy atom. The van der Waals surface area contributed by atoms with E-state index in [4.69, 9.17) is 4.74 Å². The number of hydrogen-bond donors (Lipinski definition) is 1. The van der Waals surface area contributed by atoms with Gasteiger partial charge in [0.25, 0.3) is 5.19 Å². The van der Waals surface area contributed by atoms with Gasteiger partial charge in [-0.05, 0) is 14.0 Å². The fourth-order valence-electron chi connectivity index (χ4n) is 1.17. The first-order valence-corrected chi connectivity index (χ1v) is 5.80. The monoisotopic (exact) mass is 239 g/mol. The standard InChI is InChI=1S/C9H13N5OS/c1-3-14-6-7(4-11-14)15-9-13-12-8(16-9)5-10-2/h4,6,10H,3,5H2,1-2H3. The number of nitrogens with zero attached hydrogens (tertiary/aromatic N) is 4. The molecule has 2 aromatic rings. The summed E-state index contributed by atoms with van der Waals surface area (Å²) in [5.74, 6) is 0.689. The van der Waals surface area contributed by atoms with Crippen LogP contribution in [0.4, 0.5) is 0 Å². The van der Waals surface area contributed by atoms with Crippen LogP contribution >= 0.6 is 11.3 Å². The molecule has 0 unspecified atom stereocenters. The van der Waals surface area contributed by atoms with Gasteiger partial charge in [0.2, 0.25) is 0 Å². The third-order valence-electron chi connectivity index (χ3n) is 1.92. The zero-order valence-corrected chi connectivity index (χ0v) is 9.99. The van der Waals surface area contributed by atoms with Crippen molar-refractivity contribution in [1.82, 2.24) is 25.3 Å². The molecule has 0 atom stereocenters. The summed E-state index contributed by atoms with van der Waals surface area (Å²) in [4.78, 5) is 0. The zero-order chi connectivity index (χ0) is 11.4. The summed E-state index contributed by atoms with van der Waals surface area (Å²) in [7, 11) is 1.87. The molecule has 0 aliphatic carbocycles. The van der Waals surface area contributed by atoms with Gasteiger partial charge in [0.15, 0.2) is 5.75 Å². The maximum absolute atomic E-state index is 5.52. The van der Waals surface area contributed by atoms with E-state index in [0.717, 1.165) is 11.6 Å². The van der Waals surface area contributed by atoms with Gasteiger partial charge in [-0.3, -0.25) is 4.68 Å². The van der Waals surface area contributed by atoms with Crippen LogP contribution < -0.4 is 10.1 Å². The summed E-state index contributed by atoms with van der Waals surface area (Å²) >= 11 is 1.43. The molecule has 0 fully saturated rings. The topological polar surface area (TPSA) is 64.9 Å². The number of ether oxygens (including phenoxy) is 1. The van der Waals surface area contributed by atoms with Crippen LogP contribution in [0.25, 0.3) is 0 Å². The first-order valence-electron chi connectivity index (χ1n) is 4.99. The van der Waals surface area contributed by atoms with Gasteiger partial charge in [0, 0.05) is 13.1 Å². The molecule has 86 valence electrons. The third-order valence-corrected chi connectivity index (χ3v) is 2.72. The normalized spacial score (nSPS) is 10.6. The molecular weight excluding hydrogens is 226 g/mol. The lowest BCUT2D eigenvalue weighted by atomic mass is 10.6. The second kappa shape index (κ2) is 5.04. The summed E-state index contributed by atoms with van der Waals surface area (Å²) in [6.45, 7) is 3.55. The SMILES string of the molecule is CCn1cc(Oc2nnc(CNC)s2)cn1. The largest absolute Gasteiger partial charge is 0.426 e. The van der Waals surface area contributed by atoms with Crippen molar-refractivity contribution in [1.29, 1.82) is 0 Å². The van der Waals surface area contributed by atoms with E-state index in [1.54, 1.807) is 10.9 Å². The van der Waals surface area contributed by atoms with Crippen LogP contribution in [0.5, 0.6) is 10.9 Å². The Hall–Kier alpha value is -1.47. The minimum Gasteiger partial charge on any atom is -0.426 e. The number of hydrogen-bond acceptors (Lipinski definition) is 6. The Kier molecular flexibility index (Phi) is 3.47. The highest BCUT2D eigenvalue weighted by molar-refractivity contribution is 7.13. The lowest BCUT2D eigenvalue weighted by Gasteiger charge is -1.94. The number of aromatic nitrogens is 4.